The van der Waals surface area contributed by atoms with E-state index in [1.807, 2.05) is 42.5 Å². The van der Waals surface area contributed by atoms with Gasteiger partial charge in [0.05, 0.1) is 16.5 Å². The number of carboxylic acid groups (broad SMARTS) is 2. The molecule has 1 unspecified atom stereocenters. The molecule has 0 amide bonds. The van der Waals surface area contributed by atoms with Gasteiger partial charge in [-0.1, -0.05) is 42.5 Å². The number of fused-ring (bicyclic) bond motifs is 4. The van der Waals surface area contributed by atoms with Crippen LogP contribution in [0, 0.1) is 0 Å². The second kappa shape index (κ2) is 7.96. The zero-order valence-corrected chi connectivity index (χ0v) is 20.4. The number of ether oxygens (including phenoxy) is 1. The van der Waals surface area contributed by atoms with Gasteiger partial charge in [0, 0.05) is 17.8 Å². The molecule has 6 nitrogen and oxygen atoms in total. The second-order valence-corrected chi connectivity index (χ2v) is 10.1. The summed E-state index contributed by atoms with van der Waals surface area (Å²) in [5, 5.41) is 21.2. The largest absolute Gasteiger partial charge is 0.478 e. The molecule has 4 aromatic rings. The van der Waals surface area contributed by atoms with Gasteiger partial charge in [0.2, 0.25) is 5.72 Å². The summed E-state index contributed by atoms with van der Waals surface area (Å²) in [5.74, 6) is -1.20. The molecule has 2 heterocycles. The van der Waals surface area contributed by atoms with Crippen molar-refractivity contribution in [1.82, 2.24) is 0 Å². The van der Waals surface area contributed by atoms with Crippen molar-refractivity contribution in [1.29, 1.82) is 0 Å². The molecule has 0 aromatic heterocycles. The molecule has 2 aliphatic heterocycles. The first-order valence-corrected chi connectivity index (χ1v) is 12.1. The van der Waals surface area contributed by atoms with Gasteiger partial charge in [-0.15, -0.1) is 0 Å². The third kappa shape index (κ3) is 3.33. The van der Waals surface area contributed by atoms with Crippen LogP contribution in [0.25, 0.3) is 16.8 Å². The van der Waals surface area contributed by atoms with Crippen molar-refractivity contribution in [2.75, 3.05) is 4.90 Å². The van der Waals surface area contributed by atoms with Crippen LogP contribution in [0.5, 0.6) is 5.75 Å². The molecule has 1 atom stereocenters. The normalized spacial score (nSPS) is 18.9. The van der Waals surface area contributed by atoms with E-state index in [9.17, 15) is 19.8 Å². The lowest BCUT2D eigenvalue weighted by Gasteiger charge is -2.47. The van der Waals surface area contributed by atoms with Crippen molar-refractivity contribution >= 4 is 34.5 Å². The highest BCUT2D eigenvalue weighted by Crippen LogP contribution is 2.56. The fourth-order valence-electron chi connectivity index (χ4n) is 5.67. The summed E-state index contributed by atoms with van der Waals surface area (Å²) in [6.45, 7) is 4.58. The van der Waals surface area contributed by atoms with E-state index in [-0.39, 0.29) is 11.1 Å². The number of carbonyl (C=O) groups is 2. The Kier molecular flexibility index (Phi) is 4.92. The predicted octanol–water partition coefficient (Wildman–Crippen LogP) is 6.34. The number of hydrogen-bond acceptors (Lipinski definition) is 4. The van der Waals surface area contributed by atoms with E-state index in [0.717, 1.165) is 38.9 Å². The number of anilines is 1. The Morgan fingerprint density at radius 1 is 0.865 bits per heavy atom. The van der Waals surface area contributed by atoms with Crippen LogP contribution in [0.1, 0.15) is 51.3 Å². The molecule has 0 saturated heterocycles. The minimum Gasteiger partial charge on any atom is -0.478 e. The van der Waals surface area contributed by atoms with Crippen molar-refractivity contribution < 1.29 is 24.5 Å². The number of carboxylic acids is 2. The van der Waals surface area contributed by atoms with Crippen LogP contribution in [0.3, 0.4) is 0 Å². The third-order valence-electron chi connectivity index (χ3n) is 7.72. The fraction of sp³-hybridized carbons (Fsp3) is 0.161. The molecule has 184 valence electrons. The molecule has 1 spiro atoms. The summed E-state index contributed by atoms with van der Waals surface area (Å²) in [6.07, 6.45) is 4.18. The molecule has 6 rings (SSSR count). The van der Waals surface area contributed by atoms with Crippen molar-refractivity contribution in [3.8, 4) is 5.75 Å². The van der Waals surface area contributed by atoms with E-state index >= 15 is 0 Å². The van der Waals surface area contributed by atoms with Crippen LogP contribution in [-0.4, -0.2) is 27.9 Å². The topological polar surface area (TPSA) is 87.1 Å². The molecular formula is C31H25NO5. The van der Waals surface area contributed by atoms with Gasteiger partial charge in [0.1, 0.15) is 5.75 Å². The standard InChI is InChI=1S/C31H25NO5/c1-30(2)25-17-22(29(35)36)11-13-26(25)32(18-19-7-9-21(10-8-19)28(33)34)31(30)16-15-24-23-6-4-3-5-20(23)12-14-27(24)37-31/h3-17H,18H2,1-2H3,(H,33,34)(H,35,36). The summed E-state index contributed by atoms with van der Waals surface area (Å²) in [6, 6.07) is 24.2. The average molecular weight is 492 g/mol. The molecule has 37 heavy (non-hydrogen) atoms. The van der Waals surface area contributed by atoms with Crippen LogP contribution in [0.4, 0.5) is 5.69 Å². The Morgan fingerprint density at radius 3 is 2.30 bits per heavy atom. The summed E-state index contributed by atoms with van der Waals surface area (Å²) in [4.78, 5) is 25.3. The summed E-state index contributed by atoms with van der Waals surface area (Å²) in [7, 11) is 0. The lowest BCUT2D eigenvalue weighted by Crippen LogP contribution is -2.59. The lowest BCUT2D eigenvalue weighted by molar-refractivity contribution is 0.0522. The first-order chi connectivity index (χ1) is 17.7. The van der Waals surface area contributed by atoms with E-state index in [1.165, 1.54) is 0 Å². The molecule has 2 aliphatic rings. The van der Waals surface area contributed by atoms with Gasteiger partial charge in [-0.3, -0.25) is 0 Å². The van der Waals surface area contributed by atoms with E-state index in [1.54, 1.807) is 24.3 Å². The van der Waals surface area contributed by atoms with Gasteiger partial charge in [-0.25, -0.2) is 9.59 Å². The van der Waals surface area contributed by atoms with E-state index in [4.69, 9.17) is 4.74 Å². The lowest BCUT2D eigenvalue weighted by atomic mass is 9.75. The van der Waals surface area contributed by atoms with Gasteiger partial charge >= 0.3 is 11.9 Å². The number of rotatable bonds is 4. The van der Waals surface area contributed by atoms with Crippen LogP contribution in [-0.2, 0) is 12.0 Å². The molecule has 0 bridgehead atoms. The Morgan fingerprint density at radius 2 is 1.57 bits per heavy atom. The third-order valence-corrected chi connectivity index (χ3v) is 7.72. The Balaban J connectivity index is 1.52. The zero-order chi connectivity index (χ0) is 25.9. The van der Waals surface area contributed by atoms with Crippen molar-refractivity contribution in [3.63, 3.8) is 0 Å². The van der Waals surface area contributed by atoms with Crippen LogP contribution >= 0.6 is 0 Å². The Hall–Kier alpha value is -4.58. The van der Waals surface area contributed by atoms with Crippen molar-refractivity contribution in [3.05, 3.63) is 113 Å². The highest BCUT2D eigenvalue weighted by atomic mass is 16.5. The van der Waals surface area contributed by atoms with Gasteiger partial charge in [0.15, 0.2) is 0 Å². The van der Waals surface area contributed by atoms with E-state index in [2.05, 4.69) is 43.0 Å². The highest BCUT2D eigenvalue weighted by molar-refractivity contribution is 5.94. The quantitative estimate of drug-likeness (QED) is 0.347. The molecule has 2 N–H and O–H groups in total. The highest BCUT2D eigenvalue weighted by Gasteiger charge is 2.59. The SMILES string of the molecule is CC1(C)c2cc(C(=O)O)ccc2N(Cc2ccc(C(=O)O)cc2)C12C=Cc1c(ccc3ccccc13)O2. The molecule has 0 aliphatic carbocycles. The zero-order valence-electron chi connectivity index (χ0n) is 20.4. The van der Waals surface area contributed by atoms with Crippen LogP contribution in [0.15, 0.2) is 84.9 Å². The summed E-state index contributed by atoms with van der Waals surface area (Å²) in [5.41, 5.74) is 2.57. The minimum absolute atomic E-state index is 0.223. The first-order valence-electron chi connectivity index (χ1n) is 12.1. The molecule has 0 fully saturated rings. The maximum absolute atomic E-state index is 11.8. The fourth-order valence-corrected chi connectivity index (χ4v) is 5.67. The molecule has 4 aromatic carbocycles. The summed E-state index contributed by atoms with van der Waals surface area (Å²) < 4.78 is 6.93. The van der Waals surface area contributed by atoms with E-state index < -0.39 is 23.1 Å². The number of benzene rings is 4. The minimum atomic E-state index is -0.979. The van der Waals surface area contributed by atoms with Gasteiger partial charge in [-0.05, 0) is 84.3 Å². The Bertz CT molecular complexity index is 1620. The van der Waals surface area contributed by atoms with Crippen LogP contribution in [0.2, 0.25) is 0 Å². The average Bonchev–Trinajstić information content (AvgIpc) is 3.06. The number of aromatic carboxylic acids is 2. The predicted molar refractivity (Wildman–Crippen MR) is 142 cm³/mol. The van der Waals surface area contributed by atoms with Crippen LogP contribution < -0.4 is 9.64 Å². The van der Waals surface area contributed by atoms with Gasteiger partial charge in [0.25, 0.3) is 0 Å². The molecular weight excluding hydrogens is 466 g/mol. The van der Waals surface area contributed by atoms with E-state index in [0.29, 0.717) is 6.54 Å². The van der Waals surface area contributed by atoms with Gasteiger partial charge in [-0.2, -0.15) is 0 Å². The molecule has 0 saturated carbocycles. The van der Waals surface area contributed by atoms with Crippen molar-refractivity contribution in [2.24, 2.45) is 0 Å². The maximum Gasteiger partial charge on any atom is 0.335 e. The van der Waals surface area contributed by atoms with Crippen molar-refractivity contribution in [2.45, 2.75) is 31.5 Å². The first kappa shape index (κ1) is 22.9. The van der Waals surface area contributed by atoms with Gasteiger partial charge < -0.3 is 19.8 Å². The maximum atomic E-state index is 11.8. The smallest absolute Gasteiger partial charge is 0.335 e. The Labute approximate surface area is 214 Å². The number of hydrogen-bond donors (Lipinski definition) is 2. The number of nitrogens with zero attached hydrogens (tertiary/aromatic N) is 1. The molecule has 6 heteroatoms. The molecule has 0 radical (unpaired) electrons. The summed E-state index contributed by atoms with van der Waals surface area (Å²) >= 11 is 0. The monoisotopic (exact) mass is 491 g/mol. The second-order valence-electron chi connectivity index (χ2n) is 10.1.